The fourth-order valence-electron chi connectivity index (χ4n) is 3.12. The number of aromatic nitrogens is 2. The van der Waals surface area contributed by atoms with Crippen LogP contribution in [-0.4, -0.2) is 28.5 Å². The SMILES string of the molecule is Cc1cc(C)c(NC(=O)CNC(=O)CCc2nc(-c3ccc(F)cc3)no2)c(C)c1. The molecule has 0 radical (unpaired) electrons. The van der Waals surface area contributed by atoms with Gasteiger partial charge >= 0.3 is 0 Å². The van der Waals surface area contributed by atoms with Gasteiger partial charge in [0.15, 0.2) is 0 Å². The first-order valence-electron chi connectivity index (χ1n) is 9.55. The van der Waals surface area contributed by atoms with Crippen molar-refractivity contribution in [1.82, 2.24) is 15.5 Å². The number of halogens is 1. The Morgan fingerprint density at radius 3 is 2.37 bits per heavy atom. The molecule has 0 aliphatic rings. The molecule has 156 valence electrons. The van der Waals surface area contributed by atoms with E-state index in [1.807, 2.05) is 32.9 Å². The number of hydrogen-bond acceptors (Lipinski definition) is 5. The minimum Gasteiger partial charge on any atom is -0.347 e. The van der Waals surface area contributed by atoms with Crippen molar-refractivity contribution < 1.29 is 18.5 Å². The standard InChI is InChI=1S/C22H23FN4O3/c1-13-10-14(2)21(15(3)11-13)25-19(29)12-24-18(28)8-9-20-26-22(27-30-20)16-4-6-17(23)7-5-16/h4-7,10-11H,8-9,12H2,1-3H3,(H,24,28)(H,25,29). The molecule has 0 atom stereocenters. The van der Waals surface area contributed by atoms with E-state index in [1.54, 1.807) is 12.1 Å². The molecule has 8 heteroatoms. The molecule has 0 fully saturated rings. The number of aryl methyl sites for hydroxylation is 4. The van der Waals surface area contributed by atoms with Crippen LogP contribution in [-0.2, 0) is 16.0 Å². The first kappa shape index (κ1) is 21.2. The van der Waals surface area contributed by atoms with Gasteiger partial charge in [0.05, 0.1) is 6.54 Å². The highest BCUT2D eigenvalue weighted by Gasteiger charge is 2.13. The Morgan fingerprint density at radius 2 is 1.70 bits per heavy atom. The summed E-state index contributed by atoms with van der Waals surface area (Å²) in [6, 6.07) is 9.70. The van der Waals surface area contributed by atoms with E-state index >= 15 is 0 Å². The highest BCUT2D eigenvalue weighted by atomic mass is 19.1. The van der Waals surface area contributed by atoms with Crippen LogP contribution in [0.3, 0.4) is 0 Å². The van der Waals surface area contributed by atoms with Crippen LogP contribution in [0.25, 0.3) is 11.4 Å². The van der Waals surface area contributed by atoms with Crippen molar-refractivity contribution in [3.8, 4) is 11.4 Å². The highest BCUT2D eigenvalue weighted by molar-refractivity contribution is 5.95. The summed E-state index contributed by atoms with van der Waals surface area (Å²) in [5, 5.41) is 9.26. The van der Waals surface area contributed by atoms with Gasteiger partial charge < -0.3 is 15.2 Å². The van der Waals surface area contributed by atoms with Gasteiger partial charge in [-0.25, -0.2) is 4.39 Å². The highest BCUT2D eigenvalue weighted by Crippen LogP contribution is 2.21. The van der Waals surface area contributed by atoms with Crippen molar-refractivity contribution >= 4 is 17.5 Å². The third kappa shape index (κ3) is 5.50. The molecule has 1 aromatic heterocycles. The maximum atomic E-state index is 13.0. The van der Waals surface area contributed by atoms with Gasteiger partial charge in [-0.05, 0) is 56.2 Å². The van der Waals surface area contributed by atoms with Crippen LogP contribution in [0.5, 0.6) is 0 Å². The second kappa shape index (κ2) is 9.30. The molecule has 0 aliphatic carbocycles. The summed E-state index contributed by atoms with van der Waals surface area (Å²) < 4.78 is 18.1. The molecular formula is C22H23FN4O3. The van der Waals surface area contributed by atoms with E-state index in [0.29, 0.717) is 17.3 Å². The van der Waals surface area contributed by atoms with Gasteiger partial charge in [-0.2, -0.15) is 4.98 Å². The van der Waals surface area contributed by atoms with Crippen LogP contribution in [0.4, 0.5) is 10.1 Å². The fraction of sp³-hybridized carbons (Fsp3) is 0.273. The van der Waals surface area contributed by atoms with Crippen LogP contribution in [0.15, 0.2) is 40.9 Å². The lowest BCUT2D eigenvalue weighted by Crippen LogP contribution is -2.33. The van der Waals surface area contributed by atoms with Crippen LogP contribution >= 0.6 is 0 Å². The monoisotopic (exact) mass is 410 g/mol. The zero-order chi connectivity index (χ0) is 21.7. The largest absolute Gasteiger partial charge is 0.347 e. The molecule has 0 saturated heterocycles. The van der Waals surface area contributed by atoms with Gasteiger partial charge in [-0.3, -0.25) is 9.59 Å². The average molecular weight is 410 g/mol. The maximum absolute atomic E-state index is 13.0. The van der Waals surface area contributed by atoms with Crippen LogP contribution in [0, 0.1) is 26.6 Å². The van der Waals surface area contributed by atoms with E-state index in [1.165, 1.54) is 12.1 Å². The molecule has 3 aromatic rings. The molecule has 0 spiro atoms. The fourth-order valence-corrected chi connectivity index (χ4v) is 3.12. The number of anilines is 1. The Bertz CT molecular complexity index is 1040. The zero-order valence-corrected chi connectivity index (χ0v) is 17.1. The van der Waals surface area contributed by atoms with E-state index in [0.717, 1.165) is 22.4 Å². The molecule has 0 aliphatic heterocycles. The number of rotatable bonds is 7. The molecule has 2 N–H and O–H groups in total. The summed E-state index contributed by atoms with van der Waals surface area (Å²) in [5.41, 5.74) is 4.45. The van der Waals surface area contributed by atoms with E-state index in [2.05, 4.69) is 20.8 Å². The molecule has 0 saturated carbocycles. The Hall–Kier alpha value is -3.55. The number of nitrogens with one attached hydrogen (secondary N) is 2. The van der Waals surface area contributed by atoms with Gasteiger partial charge in [-0.15, -0.1) is 0 Å². The number of carbonyl (C=O) groups is 2. The van der Waals surface area contributed by atoms with E-state index in [9.17, 15) is 14.0 Å². The summed E-state index contributed by atoms with van der Waals surface area (Å²) in [6.45, 7) is 5.73. The second-order valence-corrected chi connectivity index (χ2v) is 7.12. The van der Waals surface area contributed by atoms with Crippen LogP contribution in [0.1, 0.15) is 29.0 Å². The van der Waals surface area contributed by atoms with Crippen LogP contribution in [0.2, 0.25) is 0 Å². The van der Waals surface area contributed by atoms with E-state index in [4.69, 9.17) is 4.52 Å². The quantitative estimate of drug-likeness (QED) is 0.621. The minimum atomic E-state index is -0.351. The summed E-state index contributed by atoms with van der Waals surface area (Å²) in [6.07, 6.45) is 0.332. The number of nitrogens with zero attached hydrogens (tertiary/aromatic N) is 2. The number of benzene rings is 2. The van der Waals surface area contributed by atoms with Crippen molar-refractivity contribution in [2.24, 2.45) is 0 Å². The third-order valence-corrected chi connectivity index (χ3v) is 4.52. The van der Waals surface area contributed by atoms with Gasteiger partial charge in [0.2, 0.25) is 23.5 Å². The molecule has 30 heavy (non-hydrogen) atoms. The Balaban J connectivity index is 1.46. The van der Waals surface area contributed by atoms with Crippen LogP contribution < -0.4 is 10.6 Å². The Labute approximate surface area is 173 Å². The predicted octanol–water partition coefficient (Wildman–Crippen LogP) is 3.49. The Kier molecular flexibility index (Phi) is 6.56. The number of hydrogen-bond donors (Lipinski definition) is 2. The normalized spacial score (nSPS) is 10.7. The summed E-state index contributed by atoms with van der Waals surface area (Å²) >= 11 is 0. The van der Waals surface area contributed by atoms with Crippen molar-refractivity contribution in [2.45, 2.75) is 33.6 Å². The lowest BCUT2D eigenvalue weighted by atomic mass is 10.1. The van der Waals surface area contributed by atoms with Crippen molar-refractivity contribution in [2.75, 3.05) is 11.9 Å². The van der Waals surface area contributed by atoms with Gasteiger partial charge in [0.1, 0.15) is 5.82 Å². The first-order valence-corrected chi connectivity index (χ1v) is 9.55. The molecule has 2 amide bonds. The molecule has 7 nitrogen and oxygen atoms in total. The van der Waals surface area contributed by atoms with Crippen molar-refractivity contribution in [1.29, 1.82) is 0 Å². The Morgan fingerprint density at radius 1 is 1.03 bits per heavy atom. The first-order chi connectivity index (χ1) is 14.3. The topological polar surface area (TPSA) is 97.1 Å². The van der Waals surface area contributed by atoms with E-state index < -0.39 is 0 Å². The molecule has 0 unspecified atom stereocenters. The number of amides is 2. The molecule has 3 rings (SSSR count). The lowest BCUT2D eigenvalue weighted by Gasteiger charge is -2.13. The molecule has 0 bridgehead atoms. The summed E-state index contributed by atoms with van der Waals surface area (Å²) in [5.74, 6) is -0.330. The van der Waals surface area contributed by atoms with Gasteiger partial charge in [0.25, 0.3) is 0 Å². The summed E-state index contributed by atoms with van der Waals surface area (Å²) in [7, 11) is 0. The predicted molar refractivity (Wildman–Crippen MR) is 110 cm³/mol. The smallest absolute Gasteiger partial charge is 0.243 e. The van der Waals surface area contributed by atoms with Crippen molar-refractivity contribution in [3.63, 3.8) is 0 Å². The third-order valence-electron chi connectivity index (χ3n) is 4.52. The zero-order valence-electron chi connectivity index (χ0n) is 17.1. The minimum absolute atomic E-state index is 0.0981. The molecule has 2 aromatic carbocycles. The van der Waals surface area contributed by atoms with Gasteiger partial charge in [0, 0.05) is 24.1 Å². The molecule has 1 heterocycles. The number of carbonyl (C=O) groups excluding carboxylic acids is 2. The molecular weight excluding hydrogens is 387 g/mol. The van der Waals surface area contributed by atoms with Crippen molar-refractivity contribution in [3.05, 3.63) is 64.8 Å². The maximum Gasteiger partial charge on any atom is 0.243 e. The lowest BCUT2D eigenvalue weighted by molar-refractivity contribution is -0.124. The average Bonchev–Trinajstić information content (AvgIpc) is 3.17. The summed E-state index contributed by atoms with van der Waals surface area (Å²) in [4.78, 5) is 28.4. The van der Waals surface area contributed by atoms with E-state index in [-0.39, 0.29) is 37.0 Å². The second-order valence-electron chi connectivity index (χ2n) is 7.12. The van der Waals surface area contributed by atoms with Gasteiger partial charge in [-0.1, -0.05) is 22.9 Å².